The number of carbonyl (C=O) groups is 2. The summed E-state index contributed by atoms with van der Waals surface area (Å²) in [5.41, 5.74) is 4.35. The molecule has 0 aliphatic carbocycles. The minimum atomic E-state index is -0.792. The van der Waals surface area contributed by atoms with Crippen LogP contribution in [0.2, 0.25) is 0 Å². The van der Waals surface area contributed by atoms with Gasteiger partial charge in [-0.2, -0.15) is 0 Å². The van der Waals surface area contributed by atoms with Gasteiger partial charge in [-0.15, -0.1) is 0 Å². The van der Waals surface area contributed by atoms with Crippen molar-refractivity contribution in [3.8, 4) is 0 Å². The van der Waals surface area contributed by atoms with Crippen LogP contribution in [0.5, 0.6) is 0 Å². The van der Waals surface area contributed by atoms with E-state index in [1.165, 1.54) is 7.05 Å². The van der Waals surface area contributed by atoms with Crippen LogP contribution in [-0.2, 0) is 9.59 Å². The fourth-order valence-electron chi connectivity index (χ4n) is 0.758. The zero-order valence-electron chi connectivity index (χ0n) is 7.97. The molecule has 0 aromatic carbocycles. The monoisotopic (exact) mass is 172 g/mol. The average Bonchev–Trinajstić information content (AvgIpc) is 2.01. The SMILES string of the molecule is CNC(=O)C(C)C(C)(C)C(N)=O. The molecular weight excluding hydrogens is 156 g/mol. The van der Waals surface area contributed by atoms with Crippen molar-refractivity contribution in [2.45, 2.75) is 20.8 Å². The summed E-state index contributed by atoms with van der Waals surface area (Å²) >= 11 is 0. The van der Waals surface area contributed by atoms with Crippen molar-refractivity contribution in [1.82, 2.24) is 5.32 Å². The molecule has 0 rings (SSSR count). The molecule has 0 aromatic heterocycles. The topological polar surface area (TPSA) is 72.2 Å². The quantitative estimate of drug-likeness (QED) is 0.623. The molecule has 2 amide bonds. The van der Waals surface area contributed by atoms with Gasteiger partial charge in [0.25, 0.3) is 0 Å². The molecule has 0 fully saturated rings. The summed E-state index contributed by atoms with van der Waals surface area (Å²) in [6.45, 7) is 5.01. The lowest BCUT2D eigenvalue weighted by molar-refractivity contribution is -0.137. The summed E-state index contributed by atoms with van der Waals surface area (Å²) in [6.07, 6.45) is 0. The first-order valence-corrected chi connectivity index (χ1v) is 3.85. The summed E-state index contributed by atoms with van der Waals surface area (Å²) < 4.78 is 0. The molecule has 0 aliphatic rings. The lowest BCUT2D eigenvalue weighted by Crippen LogP contribution is -2.43. The van der Waals surface area contributed by atoms with E-state index < -0.39 is 17.2 Å². The van der Waals surface area contributed by atoms with Crippen LogP contribution in [0.1, 0.15) is 20.8 Å². The number of rotatable bonds is 3. The summed E-state index contributed by atoms with van der Waals surface area (Å²) in [4.78, 5) is 22.1. The molecule has 0 aliphatic heterocycles. The second-order valence-electron chi connectivity index (χ2n) is 3.42. The maximum Gasteiger partial charge on any atom is 0.223 e. The minimum Gasteiger partial charge on any atom is -0.369 e. The van der Waals surface area contributed by atoms with Crippen molar-refractivity contribution in [2.75, 3.05) is 7.05 Å². The maximum atomic E-state index is 11.1. The predicted octanol–water partition coefficient (Wildman–Crippen LogP) is -0.120. The lowest BCUT2D eigenvalue weighted by atomic mass is 9.79. The molecule has 0 bridgehead atoms. The third kappa shape index (κ3) is 1.96. The molecule has 0 saturated heterocycles. The second-order valence-corrected chi connectivity index (χ2v) is 3.42. The number of amides is 2. The molecule has 0 spiro atoms. The molecule has 1 atom stereocenters. The fourth-order valence-corrected chi connectivity index (χ4v) is 0.758. The Hall–Kier alpha value is -1.06. The van der Waals surface area contributed by atoms with Crippen molar-refractivity contribution in [1.29, 1.82) is 0 Å². The van der Waals surface area contributed by atoms with E-state index >= 15 is 0 Å². The third-order valence-corrected chi connectivity index (χ3v) is 2.36. The highest BCUT2D eigenvalue weighted by Gasteiger charge is 2.35. The molecule has 1 unspecified atom stereocenters. The van der Waals surface area contributed by atoms with E-state index in [1.54, 1.807) is 20.8 Å². The molecule has 12 heavy (non-hydrogen) atoms. The second kappa shape index (κ2) is 3.56. The normalized spacial score (nSPS) is 13.7. The van der Waals surface area contributed by atoms with Crippen LogP contribution in [0.25, 0.3) is 0 Å². The maximum absolute atomic E-state index is 11.1. The van der Waals surface area contributed by atoms with Gasteiger partial charge in [0.05, 0.1) is 5.41 Å². The van der Waals surface area contributed by atoms with E-state index in [4.69, 9.17) is 5.73 Å². The van der Waals surface area contributed by atoms with Crippen LogP contribution in [0.3, 0.4) is 0 Å². The summed E-state index contributed by atoms with van der Waals surface area (Å²) in [7, 11) is 1.54. The summed E-state index contributed by atoms with van der Waals surface area (Å²) in [5.74, 6) is -1.03. The highest BCUT2D eigenvalue weighted by Crippen LogP contribution is 2.25. The van der Waals surface area contributed by atoms with Gasteiger partial charge in [-0.1, -0.05) is 20.8 Å². The van der Waals surface area contributed by atoms with Gasteiger partial charge in [0, 0.05) is 13.0 Å². The van der Waals surface area contributed by atoms with E-state index in [1.807, 2.05) is 0 Å². The first kappa shape index (κ1) is 10.9. The fraction of sp³-hybridized carbons (Fsp3) is 0.750. The number of carbonyl (C=O) groups excluding carboxylic acids is 2. The van der Waals surface area contributed by atoms with Crippen LogP contribution >= 0.6 is 0 Å². The Kier molecular flexibility index (Phi) is 3.24. The Morgan fingerprint density at radius 2 is 1.83 bits per heavy atom. The van der Waals surface area contributed by atoms with Crippen molar-refractivity contribution in [3.63, 3.8) is 0 Å². The molecule has 0 radical (unpaired) electrons. The lowest BCUT2D eigenvalue weighted by Gasteiger charge is -2.26. The number of nitrogens with one attached hydrogen (secondary N) is 1. The number of nitrogens with two attached hydrogens (primary N) is 1. The highest BCUT2D eigenvalue weighted by molar-refractivity contribution is 5.88. The summed E-state index contributed by atoms with van der Waals surface area (Å²) in [6, 6.07) is 0. The molecule has 0 aromatic rings. The Labute approximate surface area is 72.5 Å². The predicted molar refractivity (Wildman–Crippen MR) is 46.2 cm³/mol. The molecule has 4 heteroatoms. The summed E-state index contributed by atoms with van der Waals surface area (Å²) in [5, 5.41) is 2.48. The molecular formula is C8H16N2O2. The van der Waals surface area contributed by atoms with Crippen molar-refractivity contribution < 1.29 is 9.59 Å². The number of hydrogen-bond donors (Lipinski definition) is 2. The molecule has 4 nitrogen and oxygen atoms in total. The van der Waals surface area contributed by atoms with Gasteiger partial charge in [-0.3, -0.25) is 9.59 Å². The smallest absolute Gasteiger partial charge is 0.223 e. The number of primary amides is 1. The van der Waals surface area contributed by atoms with Crippen LogP contribution in [0, 0.1) is 11.3 Å². The molecule has 0 heterocycles. The van der Waals surface area contributed by atoms with Gasteiger partial charge in [-0.25, -0.2) is 0 Å². The zero-order valence-corrected chi connectivity index (χ0v) is 7.97. The van der Waals surface area contributed by atoms with E-state index in [0.717, 1.165) is 0 Å². The Morgan fingerprint density at radius 1 is 1.42 bits per heavy atom. The van der Waals surface area contributed by atoms with Gasteiger partial charge in [0.15, 0.2) is 0 Å². The third-order valence-electron chi connectivity index (χ3n) is 2.36. The molecule has 70 valence electrons. The van der Waals surface area contributed by atoms with Crippen LogP contribution in [0.15, 0.2) is 0 Å². The van der Waals surface area contributed by atoms with Crippen molar-refractivity contribution in [3.05, 3.63) is 0 Å². The Bertz CT molecular complexity index is 199. The largest absolute Gasteiger partial charge is 0.369 e. The van der Waals surface area contributed by atoms with Crippen LogP contribution in [0.4, 0.5) is 0 Å². The van der Waals surface area contributed by atoms with Gasteiger partial charge >= 0.3 is 0 Å². The number of hydrogen-bond acceptors (Lipinski definition) is 2. The standard InChI is InChI=1S/C8H16N2O2/c1-5(6(11)10-4)8(2,3)7(9)12/h5H,1-4H3,(H2,9,12)(H,10,11). The van der Waals surface area contributed by atoms with E-state index in [9.17, 15) is 9.59 Å². The zero-order chi connectivity index (χ0) is 9.94. The van der Waals surface area contributed by atoms with Crippen LogP contribution in [-0.4, -0.2) is 18.9 Å². The van der Waals surface area contributed by atoms with Gasteiger partial charge in [-0.05, 0) is 0 Å². The Morgan fingerprint density at radius 3 is 2.08 bits per heavy atom. The first-order chi connectivity index (χ1) is 5.34. The first-order valence-electron chi connectivity index (χ1n) is 3.85. The van der Waals surface area contributed by atoms with Gasteiger partial charge < -0.3 is 11.1 Å². The van der Waals surface area contributed by atoms with Crippen LogP contribution < -0.4 is 11.1 Å². The molecule has 0 saturated carbocycles. The van der Waals surface area contributed by atoms with E-state index in [-0.39, 0.29) is 5.91 Å². The molecule has 3 N–H and O–H groups in total. The minimum absolute atomic E-state index is 0.168. The van der Waals surface area contributed by atoms with Crippen molar-refractivity contribution in [2.24, 2.45) is 17.1 Å². The van der Waals surface area contributed by atoms with E-state index in [0.29, 0.717) is 0 Å². The van der Waals surface area contributed by atoms with Gasteiger partial charge in [0.2, 0.25) is 11.8 Å². The average molecular weight is 172 g/mol. The van der Waals surface area contributed by atoms with Gasteiger partial charge in [0.1, 0.15) is 0 Å². The van der Waals surface area contributed by atoms with E-state index in [2.05, 4.69) is 5.32 Å². The van der Waals surface area contributed by atoms with Crippen molar-refractivity contribution >= 4 is 11.8 Å². The highest BCUT2D eigenvalue weighted by atomic mass is 16.2. The Balaban J connectivity index is 4.56.